The van der Waals surface area contributed by atoms with E-state index in [0.717, 1.165) is 30.6 Å². The average molecular weight is 312 g/mol. The number of hydrogen-bond acceptors (Lipinski definition) is 2. The van der Waals surface area contributed by atoms with Crippen LogP contribution in [0.4, 0.5) is 4.79 Å². The van der Waals surface area contributed by atoms with Crippen LogP contribution in [0.15, 0.2) is 54.6 Å². The summed E-state index contributed by atoms with van der Waals surface area (Å²) in [4.78, 5) is 11.7. The quantitative estimate of drug-likeness (QED) is 0.733. The van der Waals surface area contributed by atoms with Gasteiger partial charge in [0.05, 0.1) is 7.11 Å². The predicted octanol–water partition coefficient (Wildman–Crippen LogP) is 3.52. The number of amides is 2. The van der Waals surface area contributed by atoms with E-state index in [2.05, 4.69) is 34.9 Å². The van der Waals surface area contributed by atoms with E-state index in [-0.39, 0.29) is 6.03 Å². The van der Waals surface area contributed by atoms with Crippen molar-refractivity contribution in [1.29, 1.82) is 0 Å². The fourth-order valence-electron chi connectivity index (χ4n) is 2.29. The van der Waals surface area contributed by atoms with Crippen molar-refractivity contribution >= 4 is 6.03 Å². The van der Waals surface area contributed by atoms with Gasteiger partial charge >= 0.3 is 6.03 Å². The Hall–Kier alpha value is -2.49. The highest BCUT2D eigenvalue weighted by molar-refractivity contribution is 5.73. The number of methoxy groups -OCH3 is 1. The highest BCUT2D eigenvalue weighted by atomic mass is 16.5. The summed E-state index contributed by atoms with van der Waals surface area (Å²) in [7, 11) is 1.64. The topological polar surface area (TPSA) is 50.4 Å². The third-order valence-electron chi connectivity index (χ3n) is 3.63. The number of rotatable bonds is 8. The van der Waals surface area contributed by atoms with Gasteiger partial charge in [0.15, 0.2) is 0 Å². The Bertz CT molecular complexity index is 582. The standard InChI is InChI=1S/C19H24N2O2/c1-23-18-12-10-17(11-13-18)15-21-19(22)20-14-6-5-9-16-7-3-2-4-8-16/h2-4,7-8,10-13H,5-6,9,14-15H2,1H3,(H2,20,21,22). The molecule has 0 aromatic heterocycles. The van der Waals surface area contributed by atoms with Crippen LogP contribution in [0, 0.1) is 0 Å². The Labute approximate surface area is 137 Å². The van der Waals surface area contributed by atoms with E-state index in [1.165, 1.54) is 5.56 Å². The third-order valence-corrected chi connectivity index (χ3v) is 3.63. The van der Waals surface area contributed by atoms with Gasteiger partial charge in [0, 0.05) is 13.1 Å². The molecule has 0 saturated carbocycles. The first-order chi connectivity index (χ1) is 11.3. The zero-order valence-electron chi connectivity index (χ0n) is 13.5. The number of benzene rings is 2. The summed E-state index contributed by atoms with van der Waals surface area (Å²) in [5.41, 5.74) is 2.39. The molecule has 0 atom stereocenters. The number of carbonyl (C=O) groups is 1. The zero-order chi connectivity index (χ0) is 16.3. The summed E-state index contributed by atoms with van der Waals surface area (Å²) in [6.45, 7) is 1.21. The second kappa shape index (κ2) is 9.51. The number of ether oxygens (including phenoxy) is 1. The fraction of sp³-hybridized carbons (Fsp3) is 0.316. The summed E-state index contributed by atoms with van der Waals surface area (Å²) in [6.07, 6.45) is 3.10. The fourth-order valence-corrected chi connectivity index (χ4v) is 2.29. The van der Waals surface area contributed by atoms with Crippen molar-refractivity contribution in [2.24, 2.45) is 0 Å². The molecule has 0 unspecified atom stereocenters. The first-order valence-electron chi connectivity index (χ1n) is 7.96. The van der Waals surface area contributed by atoms with Gasteiger partial charge in [-0.1, -0.05) is 42.5 Å². The molecule has 0 bridgehead atoms. The maximum atomic E-state index is 11.7. The van der Waals surface area contributed by atoms with Gasteiger partial charge in [-0.05, 0) is 42.5 Å². The molecule has 2 N–H and O–H groups in total. The SMILES string of the molecule is COc1ccc(CNC(=O)NCCCCc2ccccc2)cc1. The largest absolute Gasteiger partial charge is 0.497 e. The molecule has 4 heteroatoms. The van der Waals surface area contributed by atoms with Crippen LogP contribution >= 0.6 is 0 Å². The number of hydrogen-bond donors (Lipinski definition) is 2. The Morgan fingerprint density at radius 2 is 1.65 bits per heavy atom. The molecule has 0 aliphatic rings. The second-order valence-electron chi connectivity index (χ2n) is 5.40. The summed E-state index contributed by atoms with van der Waals surface area (Å²) in [5.74, 6) is 0.816. The Kier molecular flexibility index (Phi) is 6.98. The number of urea groups is 1. The lowest BCUT2D eigenvalue weighted by Crippen LogP contribution is -2.35. The molecule has 2 rings (SSSR count). The van der Waals surface area contributed by atoms with E-state index in [9.17, 15) is 4.79 Å². The van der Waals surface area contributed by atoms with Crippen LogP contribution in [0.2, 0.25) is 0 Å². The third kappa shape index (κ3) is 6.43. The molecule has 0 aliphatic heterocycles. The van der Waals surface area contributed by atoms with E-state index in [4.69, 9.17) is 4.74 Å². The zero-order valence-corrected chi connectivity index (χ0v) is 13.5. The summed E-state index contributed by atoms with van der Waals surface area (Å²) >= 11 is 0. The van der Waals surface area contributed by atoms with Crippen molar-refractivity contribution in [3.63, 3.8) is 0 Å². The van der Waals surface area contributed by atoms with Crippen molar-refractivity contribution in [3.05, 3.63) is 65.7 Å². The molecule has 0 aliphatic carbocycles. The predicted molar refractivity (Wildman–Crippen MR) is 92.6 cm³/mol. The van der Waals surface area contributed by atoms with Gasteiger partial charge < -0.3 is 15.4 Å². The van der Waals surface area contributed by atoms with E-state index >= 15 is 0 Å². The van der Waals surface area contributed by atoms with Crippen LogP contribution in [-0.4, -0.2) is 19.7 Å². The molecule has 2 aromatic rings. The van der Waals surface area contributed by atoms with Gasteiger partial charge in [0.25, 0.3) is 0 Å². The molecule has 0 saturated heterocycles. The number of nitrogens with one attached hydrogen (secondary N) is 2. The van der Waals surface area contributed by atoms with Crippen molar-refractivity contribution in [2.75, 3.05) is 13.7 Å². The lowest BCUT2D eigenvalue weighted by atomic mass is 10.1. The molecule has 122 valence electrons. The molecular weight excluding hydrogens is 288 g/mol. The van der Waals surface area contributed by atoms with Crippen molar-refractivity contribution in [3.8, 4) is 5.75 Å². The number of carbonyl (C=O) groups excluding carboxylic acids is 1. The first kappa shape index (κ1) is 16.9. The molecule has 23 heavy (non-hydrogen) atoms. The Morgan fingerprint density at radius 3 is 2.35 bits per heavy atom. The highest BCUT2D eigenvalue weighted by Crippen LogP contribution is 2.10. The molecule has 2 aromatic carbocycles. The molecule has 4 nitrogen and oxygen atoms in total. The molecule has 0 spiro atoms. The molecular formula is C19H24N2O2. The average Bonchev–Trinajstić information content (AvgIpc) is 2.61. The normalized spacial score (nSPS) is 10.1. The van der Waals surface area contributed by atoms with Crippen LogP contribution in [-0.2, 0) is 13.0 Å². The van der Waals surface area contributed by atoms with Gasteiger partial charge in [0.2, 0.25) is 0 Å². The Morgan fingerprint density at radius 1 is 0.913 bits per heavy atom. The summed E-state index contributed by atoms with van der Waals surface area (Å²) in [6, 6.07) is 17.9. The van der Waals surface area contributed by atoms with Gasteiger partial charge in [-0.2, -0.15) is 0 Å². The van der Waals surface area contributed by atoms with Gasteiger partial charge in [0.1, 0.15) is 5.75 Å². The smallest absolute Gasteiger partial charge is 0.315 e. The molecule has 2 amide bonds. The molecule has 0 fully saturated rings. The minimum atomic E-state index is -0.125. The van der Waals surface area contributed by atoms with E-state index in [1.807, 2.05) is 30.3 Å². The van der Waals surface area contributed by atoms with Crippen LogP contribution in [0.25, 0.3) is 0 Å². The van der Waals surface area contributed by atoms with Crippen LogP contribution < -0.4 is 15.4 Å². The molecule has 0 radical (unpaired) electrons. The maximum Gasteiger partial charge on any atom is 0.315 e. The van der Waals surface area contributed by atoms with Crippen LogP contribution in [0.5, 0.6) is 5.75 Å². The van der Waals surface area contributed by atoms with Gasteiger partial charge in [-0.25, -0.2) is 4.79 Å². The van der Waals surface area contributed by atoms with Gasteiger partial charge in [-0.15, -0.1) is 0 Å². The maximum absolute atomic E-state index is 11.7. The lowest BCUT2D eigenvalue weighted by molar-refractivity contribution is 0.240. The lowest BCUT2D eigenvalue weighted by Gasteiger charge is -2.08. The van der Waals surface area contributed by atoms with E-state index in [1.54, 1.807) is 7.11 Å². The van der Waals surface area contributed by atoms with E-state index in [0.29, 0.717) is 13.1 Å². The Balaban J connectivity index is 1.56. The molecule has 0 heterocycles. The van der Waals surface area contributed by atoms with E-state index < -0.39 is 0 Å². The van der Waals surface area contributed by atoms with Gasteiger partial charge in [-0.3, -0.25) is 0 Å². The monoisotopic (exact) mass is 312 g/mol. The van der Waals surface area contributed by atoms with Crippen LogP contribution in [0.1, 0.15) is 24.0 Å². The van der Waals surface area contributed by atoms with Crippen LogP contribution in [0.3, 0.4) is 0 Å². The van der Waals surface area contributed by atoms with Crippen molar-refractivity contribution in [1.82, 2.24) is 10.6 Å². The number of aryl methyl sites for hydroxylation is 1. The first-order valence-corrected chi connectivity index (χ1v) is 7.96. The highest BCUT2D eigenvalue weighted by Gasteiger charge is 2.00. The van der Waals surface area contributed by atoms with Crippen molar-refractivity contribution in [2.45, 2.75) is 25.8 Å². The summed E-state index contributed by atoms with van der Waals surface area (Å²) in [5, 5.41) is 5.74. The minimum absolute atomic E-state index is 0.125. The summed E-state index contributed by atoms with van der Waals surface area (Å²) < 4.78 is 5.10. The second-order valence-corrected chi connectivity index (χ2v) is 5.40. The number of unbranched alkanes of at least 4 members (excludes halogenated alkanes) is 1. The minimum Gasteiger partial charge on any atom is -0.497 e. The van der Waals surface area contributed by atoms with Crippen molar-refractivity contribution < 1.29 is 9.53 Å².